The van der Waals surface area contributed by atoms with Gasteiger partial charge in [0.05, 0.1) is 23.4 Å². The summed E-state index contributed by atoms with van der Waals surface area (Å²) in [5.74, 6) is 0.725. The summed E-state index contributed by atoms with van der Waals surface area (Å²) >= 11 is 1.77. The molecule has 0 spiro atoms. The Labute approximate surface area is 178 Å². The largest absolute Gasteiger partial charge is 0.301 e. The maximum Gasteiger partial charge on any atom is 0.249 e. The lowest BCUT2D eigenvalue weighted by atomic mass is 10.1. The highest BCUT2D eigenvalue weighted by atomic mass is 32.2. The van der Waals surface area contributed by atoms with Gasteiger partial charge in [-0.25, -0.2) is 0 Å². The first kappa shape index (κ1) is 18.6. The molecule has 5 nitrogen and oxygen atoms in total. The van der Waals surface area contributed by atoms with Crippen LogP contribution in [0.15, 0.2) is 94.7 Å². The average molecular weight is 414 g/mol. The Balaban J connectivity index is 1.57. The Bertz CT molecular complexity index is 1290. The molecule has 4 aromatic rings. The van der Waals surface area contributed by atoms with Gasteiger partial charge in [0, 0.05) is 16.0 Å². The zero-order valence-electron chi connectivity index (χ0n) is 16.1. The molecule has 30 heavy (non-hydrogen) atoms. The van der Waals surface area contributed by atoms with E-state index in [1.807, 2.05) is 59.5 Å². The molecule has 1 atom stereocenters. The van der Waals surface area contributed by atoms with E-state index in [9.17, 15) is 9.59 Å². The number of para-hydroxylation sites is 2. The molecule has 0 aliphatic carbocycles. The number of carbonyl (C=O) groups excluding carboxylic acids is 1. The molecule has 0 N–H and O–H groups in total. The molecule has 0 saturated carbocycles. The number of carbonyl (C=O) groups is 1. The van der Waals surface area contributed by atoms with E-state index in [1.165, 1.54) is 6.20 Å². The number of fused-ring (bicyclic) bond motifs is 2. The van der Waals surface area contributed by atoms with E-state index in [-0.39, 0.29) is 23.9 Å². The van der Waals surface area contributed by atoms with Crippen molar-refractivity contribution in [2.24, 2.45) is 0 Å². The van der Waals surface area contributed by atoms with Crippen molar-refractivity contribution in [1.29, 1.82) is 0 Å². The summed E-state index contributed by atoms with van der Waals surface area (Å²) in [6, 6.07) is 25.3. The molecule has 2 heterocycles. The van der Waals surface area contributed by atoms with Gasteiger partial charge in [0.15, 0.2) is 0 Å². The fourth-order valence-electron chi connectivity index (χ4n) is 3.91. The van der Waals surface area contributed by atoms with Crippen molar-refractivity contribution in [3.63, 3.8) is 0 Å². The van der Waals surface area contributed by atoms with Crippen LogP contribution in [0.3, 0.4) is 0 Å². The van der Waals surface area contributed by atoms with Crippen molar-refractivity contribution in [3.8, 4) is 0 Å². The molecule has 1 aromatic heterocycles. The summed E-state index contributed by atoms with van der Waals surface area (Å²) in [4.78, 5) is 28.7. The third kappa shape index (κ3) is 3.29. The van der Waals surface area contributed by atoms with Crippen LogP contribution < -0.4 is 10.3 Å². The summed E-state index contributed by atoms with van der Waals surface area (Å²) in [5.41, 5.74) is 2.54. The van der Waals surface area contributed by atoms with Crippen LogP contribution in [0.4, 0.5) is 5.69 Å². The molecular weight excluding hydrogens is 394 g/mol. The quantitative estimate of drug-likeness (QED) is 0.503. The Kier molecular flexibility index (Phi) is 4.85. The summed E-state index contributed by atoms with van der Waals surface area (Å²) in [7, 11) is 0. The minimum Gasteiger partial charge on any atom is -0.301 e. The van der Waals surface area contributed by atoms with Crippen LogP contribution in [0.2, 0.25) is 0 Å². The second kappa shape index (κ2) is 7.80. The molecule has 148 valence electrons. The molecule has 0 fully saturated rings. The summed E-state index contributed by atoms with van der Waals surface area (Å²) in [5, 5.41) is 4.81. The molecule has 5 rings (SSSR count). The van der Waals surface area contributed by atoms with E-state index in [0.717, 1.165) is 21.9 Å². The van der Waals surface area contributed by atoms with Gasteiger partial charge in [-0.15, -0.1) is 11.8 Å². The third-order valence-electron chi connectivity index (χ3n) is 5.33. The van der Waals surface area contributed by atoms with Crippen LogP contribution in [0.5, 0.6) is 0 Å². The zero-order chi connectivity index (χ0) is 20.5. The molecule has 0 saturated heterocycles. The number of aromatic nitrogens is 2. The predicted molar refractivity (Wildman–Crippen MR) is 120 cm³/mol. The van der Waals surface area contributed by atoms with Crippen molar-refractivity contribution >= 4 is 34.3 Å². The first-order chi connectivity index (χ1) is 14.7. The molecule has 0 unspecified atom stereocenters. The van der Waals surface area contributed by atoms with Crippen LogP contribution in [-0.4, -0.2) is 21.4 Å². The van der Waals surface area contributed by atoms with E-state index >= 15 is 0 Å². The van der Waals surface area contributed by atoms with E-state index in [1.54, 1.807) is 22.5 Å². The van der Waals surface area contributed by atoms with Gasteiger partial charge in [-0.2, -0.15) is 5.10 Å². The molecule has 0 bridgehead atoms. The van der Waals surface area contributed by atoms with Gasteiger partial charge in [0.1, 0.15) is 6.54 Å². The van der Waals surface area contributed by atoms with Gasteiger partial charge in [0.25, 0.3) is 0 Å². The lowest BCUT2D eigenvalue weighted by molar-refractivity contribution is -0.119. The SMILES string of the molecule is O=C(Cn1ncc(=O)c2ccccc21)N1c2ccccc2SC[C@@H]1c1ccccc1. The van der Waals surface area contributed by atoms with Crippen LogP contribution in [0.25, 0.3) is 10.9 Å². The maximum atomic E-state index is 13.6. The average Bonchev–Trinajstić information content (AvgIpc) is 2.81. The third-order valence-corrected chi connectivity index (χ3v) is 6.47. The van der Waals surface area contributed by atoms with Crippen molar-refractivity contribution in [1.82, 2.24) is 9.78 Å². The van der Waals surface area contributed by atoms with Gasteiger partial charge in [0.2, 0.25) is 11.3 Å². The standard InChI is InChI=1S/C24H19N3O2S/c28-22-14-25-26(19-11-5-4-10-18(19)22)15-24(29)27-20-12-6-7-13-23(20)30-16-21(27)17-8-2-1-3-9-17/h1-14,21H,15-16H2/t21-/m1/s1. The number of nitrogens with zero attached hydrogens (tertiary/aromatic N) is 3. The number of thioether (sulfide) groups is 1. The second-order valence-corrected chi connectivity index (χ2v) is 8.21. The van der Waals surface area contributed by atoms with Gasteiger partial charge in [-0.3, -0.25) is 14.3 Å². The Morgan fingerprint density at radius 2 is 1.70 bits per heavy atom. The van der Waals surface area contributed by atoms with Crippen LogP contribution in [-0.2, 0) is 11.3 Å². The normalized spacial score (nSPS) is 15.7. The monoisotopic (exact) mass is 413 g/mol. The molecule has 0 radical (unpaired) electrons. The summed E-state index contributed by atoms with van der Waals surface area (Å²) < 4.78 is 1.62. The number of anilines is 1. The zero-order valence-corrected chi connectivity index (χ0v) is 17.0. The predicted octanol–water partition coefficient (Wildman–Crippen LogP) is 4.28. The molecule has 1 aliphatic rings. The number of hydrogen-bond acceptors (Lipinski definition) is 4. The number of amides is 1. The van der Waals surface area contributed by atoms with Crippen molar-refractivity contribution in [2.75, 3.05) is 10.7 Å². The lowest BCUT2D eigenvalue weighted by Gasteiger charge is -2.37. The molecule has 1 aliphatic heterocycles. The van der Waals surface area contributed by atoms with Crippen LogP contribution in [0.1, 0.15) is 11.6 Å². The fraction of sp³-hybridized carbons (Fsp3) is 0.125. The van der Waals surface area contributed by atoms with E-state index < -0.39 is 0 Å². The van der Waals surface area contributed by atoms with Crippen LogP contribution in [0, 0.1) is 0 Å². The van der Waals surface area contributed by atoms with Gasteiger partial charge < -0.3 is 4.90 Å². The minimum atomic E-state index is -0.142. The highest BCUT2D eigenvalue weighted by molar-refractivity contribution is 7.99. The first-order valence-corrected chi connectivity index (χ1v) is 10.7. The van der Waals surface area contributed by atoms with Gasteiger partial charge >= 0.3 is 0 Å². The van der Waals surface area contributed by atoms with Gasteiger partial charge in [-0.05, 0) is 29.8 Å². The lowest BCUT2D eigenvalue weighted by Crippen LogP contribution is -2.41. The van der Waals surface area contributed by atoms with Crippen molar-refractivity contribution in [3.05, 3.63) is 101 Å². The Morgan fingerprint density at radius 3 is 2.57 bits per heavy atom. The van der Waals surface area contributed by atoms with E-state index in [4.69, 9.17) is 0 Å². The fourth-order valence-corrected chi connectivity index (χ4v) is 5.08. The summed E-state index contributed by atoms with van der Waals surface area (Å²) in [6.07, 6.45) is 1.28. The van der Waals surface area contributed by atoms with Crippen LogP contribution >= 0.6 is 11.8 Å². The van der Waals surface area contributed by atoms with E-state index in [0.29, 0.717) is 10.9 Å². The minimum absolute atomic E-state index is 0.0575. The molecule has 6 heteroatoms. The Morgan fingerprint density at radius 1 is 0.967 bits per heavy atom. The highest BCUT2D eigenvalue weighted by Gasteiger charge is 2.32. The second-order valence-electron chi connectivity index (χ2n) is 7.15. The first-order valence-electron chi connectivity index (χ1n) is 9.76. The topological polar surface area (TPSA) is 55.2 Å². The number of rotatable bonds is 3. The molecule has 3 aromatic carbocycles. The number of benzene rings is 3. The molecular formula is C24H19N3O2S. The summed E-state index contributed by atoms with van der Waals surface area (Å²) in [6.45, 7) is 0.0587. The Hall–Kier alpha value is -3.38. The highest BCUT2D eigenvalue weighted by Crippen LogP contribution is 2.43. The van der Waals surface area contributed by atoms with Crippen molar-refractivity contribution < 1.29 is 4.79 Å². The molecule has 1 amide bonds. The van der Waals surface area contributed by atoms with Crippen molar-refractivity contribution in [2.45, 2.75) is 17.5 Å². The van der Waals surface area contributed by atoms with Gasteiger partial charge in [-0.1, -0.05) is 54.6 Å². The smallest absolute Gasteiger partial charge is 0.249 e. The maximum absolute atomic E-state index is 13.6. The van der Waals surface area contributed by atoms with E-state index in [2.05, 4.69) is 23.3 Å². The number of hydrogen-bond donors (Lipinski definition) is 0.